The first-order valence-corrected chi connectivity index (χ1v) is 7.12. The second-order valence-electron chi connectivity index (χ2n) is 5.12. The highest BCUT2D eigenvalue weighted by Gasteiger charge is 2.52. The summed E-state index contributed by atoms with van der Waals surface area (Å²) in [4.78, 5) is 24.6. The Morgan fingerprint density at radius 2 is 2.22 bits per heavy atom. The minimum Gasteiger partial charge on any atom is -0.480 e. The Labute approximate surface area is 109 Å². The van der Waals surface area contributed by atoms with Crippen LogP contribution in [0.4, 0.5) is 0 Å². The number of aliphatic carboxylic acids is 1. The Hall–Kier alpha value is -1.36. The summed E-state index contributed by atoms with van der Waals surface area (Å²) >= 11 is 1.69. The summed E-state index contributed by atoms with van der Waals surface area (Å²) < 4.78 is 0. The summed E-state index contributed by atoms with van der Waals surface area (Å²) in [5.41, 5.74) is 0.134. The zero-order valence-electron chi connectivity index (χ0n) is 9.94. The molecule has 0 aromatic carbocycles. The van der Waals surface area contributed by atoms with Crippen LogP contribution in [0.1, 0.15) is 42.0 Å². The third-order valence-corrected chi connectivity index (χ3v) is 4.89. The molecule has 3 rings (SSSR count). The highest BCUT2D eigenvalue weighted by atomic mass is 32.1. The molecule has 2 aliphatic rings. The quantitative estimate of drug-likeness (QED) is 0.877. The maximum absolute atomic E-state index is 12.2. The molecule has 2 N–H and O–H groups in total. The number of fused-ring (bicyclic) bond motifs is 1. The van der Waals surface area contributed by atoms with Crippen LogP contribution in [0.2, 0.25) is 0 Å². The van der Waals surface area contributed by atoms with E-state index in [0.717, 1.165) is 24.8 Å². The van der Waals surface area contributed by atoms with Crippen LogP contribution in [-0.4, -0.2) is 22.5 Å². The van der Waals surface area contributed by atoms with Crippen molar-refractivity contribution in [2.24, 2.45) is 0 Å². The van der Waals surface area contributed by atoms with Crippen LogP contribution in [0.3, 0.4) is 0 Å². The largest absolute Gasteiger partial charge is 0.480 e. The van der Waals surface area contributed by atoms with Crippen LogP contribution >= 0.6 is 11.3 Å². The minimum absolute atomic E-state index is 0.116. The average Bonchev–Trinajstić information content (AvgIpc) is 2.97. The zero-order valence-corrected chi connectivity index (χ0v) is 10.8. The Morgan fingerprint density at radius 1 is 1.44 bits per heavy atom. The summed E-state index contributed by atoms with van der Waals surface area (Å²) in [5, 5.41) is 13.8. The molecule has 4 nitrogen and oxygen atoms in total. The maximum Gasteiger partial charge on any atom is 0.329 e. The van der Waals surface area contributed by atoms with E-state index < -0.39 is 11.5 Å². The summed E-state index contributed by atoms with van der Waals surface area (Å²) in [7, 11) is 0. The lowest BCUT2D eigenvalue weighted by atomic mass is 9.87. The number of aryl methyl sites for hydroxylation is 1. The van der Waals surface area contributed by atoms with Gasteiger partial charge in [0.1, 0.15) is 5.54 Å². The SMILES string of the molecule is O=C(NC1(C(=O)O)CC1)C1CCCc2sccc21. The van der Waals surface area contributed by atoms with Gasteiger partial charge in [-0.3, -0.25) is 4.79 Å². The maximum atomic E-state index is 12.2. The molecule has 5 heteroatoms. The van der Waals surface area contributed by atoms with E-state index in [2.05, 4.69) is 5.32 Å². The van der Waals surface area contributed by atoms with E-state index in [0.29, 0.717) is 12.8 Å². The highest BCUT2D eigenvalue weighted by molar-refractivity contribution is 7.10. The molecule has 1 aromatic rings. The van der Waals surface area contributed by atoms with Crippen molar-refractivity contribution in [3.8, 4) is 0 Å². The number of rotatable bonds is 3. The number of nitrogens with one attached hydrogen (secondary N) is 1. The van der Waals surface area contributed by atoms with E-state index in [9.17, 15) is 9.59 Å². The second-order valence-corrected chi connectivity index (χ2v) is 6.12. The molecule has 96 valence electrons. The van der Waals surface area contributed by atoms with Crippen LogP contribution in [0.5, 0.6) is 0 Å². The molecule has 0 bridgehead atoms. The smallest absolute Gasteiger partial charge is 0.329 e. The second kappa shape index (κ2) is 4.09. The predicted octanol–water partition coefficient (Wildman–Crippen LogP) is 1.90. The van der Waals surface area contributed by atoms with Crippen molar-refractivity contribution < 1.29 is 14.7 Å². The van der Waals surface area contributed by atoms with Crippen LogP contribution in [0.25, 0.3) is 0 Å². The lowest BCUT2D eigenvalue weighted by molar-refractivity contribution is -0.143. The highest BCUT2D eigenvalue weighted by Crippen LogP contribution is 2.39. The number of amides is 1. The molecule has 2 aliphatic carbocycles. The number of carboxylic acid groups (broad SMARTS) is 1. The fourth-order valence-corrected chi connectivity index (χ4v) is 3.59. The molecule has 1 unspecified atom stereocenters. The number of hydrogen-bond acceptors (Lipinski definition) is 3. The lowest BCUT2D eigenvalue weighted by Crippen LogP contribution is -2.45. The minimum atomic E-state index is -0.968. The molecule has 1 amide bonds. The van der Waals surface area contributed by atoms with Crippen LogP contribution in [0, 0.1) is 0 Å². The first kappa shape index (κ1) is 11.7. The van der Waals surface area contributed by atoms with Gasteiger partial charge in [0.05, 0.1) is 5.92 Å². The van der Waals surface area contributed by atoms with Crippen molar-refractivity contribution in [1.29, 1.82) is 0 Å². The van der Waals surface area contributed by atoms with Gasteiger partial charge in [-0.05, 0) is 49.1 Å². The Balaban J connectivity index is 1.77. The molecule has 1 saturated carbocycles. The van der Waals surface area contributed by atoms with Gasteiger partial charge in [0.25, 0.3) is 0 Å². The van der Waals surface area contributed by atoms with Crippen molar-refractivity contribution in [1.82, 2.24) is 5.32 Å². The van der Waals surface area contributed by atoms with Crippen LogP contribution in [0.15, 0.2) is 11.4 Å². The first-order valence-electron chi connectivity index (χ1n) is 6.24. The first-order chi connectivity index (χ1) is 8.62. The van der Waals surface area contributed by atoms with Gasteiger partial charge in [-0.2, -0.15) is 0 Å². The average molecular weight is 265 g/mol. The Kier molecular flexibility index (Phi) is 2.66. The van der Waals surface area contributed by atoms with Gasteiger partial charge in [0.2, 0.25) is 5.91 Å². The van der Waals surface area contributed by atoms with Crippen molar-refractivity contribution >= 4 is 23.2 Å². The van der Waals surface area contributed by atoms with Gasteiger partial charge in [-0.25, -0.2) is 4.79 Å². The third kappa shape index (κ3) is 1.82. The topological polar surface area (TPSA) is 66.4 Å². The van der Waals surface area contributed by atoms with Gasteiger partial charge < -0.3 is 10.4 Å². The molecule has 18 heavy (non-hydrogen) atoms. The van der Waals surface area contributed by atoms with E-state index in [-0.39, 0.29) is 11.8 Å². The molecule has 1 atom stereocenters. The van der Waals surface area contributed by atoms with Gasteiger partial charge in [0, 0.05) is 4.88 Å². The Bertz CT molecular complexity index is 504. The Morgan fingerprint density at radius 3 is 2.89 bits per heavy atom. The third-order valence-electron chi connectivity index (χ3n) is 3.89. The fourth-order valence-electron chi connectivity index (χ4n) is 2.60. The van der Waals surface area contributed by atoms with Gasteiger partial charge >= 0.3 is 5.97 Å². The van der Waals surface area contributed by atoms with Crippen molar-refractivity contribution in [2.75, 3.05) is 0 Å². The molecule has 0 saturated heterocycles. The molecule has 0 aliphatic heterocycles. The molecular weight excluding hydrogens is 250 g/mol. The fraction of sp³-hybridized carbons (Fsp3) is 0.538. The number of hydrogen-bond donors (Lipinski definition) is 2. The van der Waals surface area contributed by atoms with Crippen molar-refractivity contribution in [2.45, 2.75) is 43.6 Å². The summed E-state index contributed by atoms with van der Waals surface area (Å²) in [6.07, 6.45) is 3.98. The van der Waals surface area contributed by atoms with Crippen LogP contribution < -0.4 is 5.32 Å². The molecule has 0 spiro atoms. The molecule has 0 radical (unpaired) electrons. The van der Waals surface area contributed by atoms with Gasteiger partial charge in [-0.15, -0.1) is 11.3 Å². The van der Waals surface area contributed by atoms with E-state index in [1.54, 1.807) is 11.3 Å². The summed E-state index contributed by atoms with van der Waals surface area (Å²) in [6.45, 7) is 0. The standard InChI is InChI=1S/C13H15NO3S/c15-11(14-13(5-6-13)12(16)17)9-2-1-3-10-8(9)4-7-18-10/h4,7,9H,1-3,5-6H2,(H,14,15)(H,16,17). The number of carboxylic acids is 1. The molecule has 1 fully saturated rings. The van der Waals surface area contributed by atoms with E-state index >= 15 is 0 Å². The monoisotopic (exact) mass is 265 g/mol. The number of carbonyl (C=O) groups excluding carboxylic acids is 1. The van der Waals surface area contributed by atoms with Crippen molar-refractivity contribution in [3.63, 3.8) is 0 Å². The lowest BCUT2D eigenvalue weighted by Gasteiger charge is -2.23. The predicted molar refractivity (Wildman–Crippen MR) is 67.7 cm³/mol. The van der Waals surface area contributed by atoms with Crippen LogP contribution in [-0.2, 0) is 16.0 Å². The van der Waals surface area contributed by atoms with Gasteiger partial charge in [-0.1, -0.05) is 0 Å². The normalized spacial score (nSPS) is 24.1. The van der Waals surface area contributed by atoms with E-state index in [4.69, 9.17) is 5.11 Å². The van der Waals surface area contributed by atoms with Crippen molar-refractivity contribution in [3.05, 3.63) is 21.9 Å². The number of carbonyl (C=O) groups is 2. The zero-order chi connectivity index (χ0) is 12.8. The molecule has 1 aromatic heterocycles. The van der Waals surface area contributed by atoms with E-state index in [1.165, 1.54) is 4.88 Å². The molecule has 1 heterocycles. The molecular formula is C13H15NO3S. The van der Waals surface area contributed by atoms with E-state index in [1.807, 2.05) is 11.4 Å². The summed E-state index contributed by atoms with van der Waals surface area (Å²) in [6, 6.07) is 2.00. The van der Waals surface area contributed by atoms with Gasteiger partial charge in [0.15, 0.2) is 0 Å². The summed E-state index contributed by atoms with van der Waals surface area (Å²) in [5.74, 6) is -1.18. The number of thiophene rings is 1.